The van der Waals surface area contributed by atoms with E-state index in [4.69, 9.17) is 0 Å². The molecule has 3 heteroatoms. The molecule has 2 bridgehead atoms. The SMILES string of the molecule is O=C1[C@H]2[C@H]([C@H]3C=C[C@@H]2C3)[C@@]2(O)CC=CCN12. The van der Waals surface area contributed by atoms with Crippen LogP contribution >= 0.6 is 0 Å². The highest BCUT2D eigenvalue weighted by Crippen LogP contribution is 2.58. The number of fused-ring (bicyclic) bond motifs is 7. The Balaban J connectivity index is 1.85. The smallest absolute Gasteiger partial charge is 0.229 e. The van der Waals surface area contributed by atoms with Crippen molar-refractivity contribution in [1.29, 1.82) is 0 Å². The van der Waals surface area contributed by atoms with Crippen LogP contribution in [0.4, 0.5) is 0 Å². The molecule has 2 heterocycles. The van der Waals surface area contributed by atoms with Crippen molar-refractivity contribution in [2.45, 2.75) is 18.6 Å². The van der Waals surface area contributed by atoms with E-state index in [1.807, 2.05) is 12.2 Å². The Morgan fingerprint density at radius 1 is 1.31 bits per heavy atom. The van der Waals surface area contributed by atoms with Gasteiger partial charge in [0.2, 0.25) is 5.91 Å². The summed E-state index contributed by atoms with van der Waals surface area (Å²) in [5, 5.41) is 10.8. The minimum atomic E-state index is -0.888. The van der Waals surface area contributed by atoms with Crippen molar-refractivity contribution in [3.8, 4) is 0 Å². The summed E-state index contributed by atoms with van der Waals surface area (Å²) in [4.78, 5) is 14.0. The van der Waals surface area contributed by atoms with Crippen LogP contribution in [-0.4, -0.2) is 28.2 Å². The quantitative estimate of drug-likeness (QED) is 0.613. The van der Waals surface area contributed by atoms with Gasteiger partial charge in [-0.25, -0.2) is 0 Å². The van der Waals surface area contributed by atoms with Gasteiger partial charge >= 0.3 is 0 Å². The fraction of sp³-hybridized carbons (Fsp3) is 0.615. The molecule has 1 amide bonds. The molecule has 1 N–H and O–H groups in total. The van der Waals surface area contributed by atoms with Gasteiger partial charge in [0.1, 0.15) is 5.72 Å². The van der Waals surface area contributed by atoms with Crippen LogP contribution in [0.25, 0.3) is 0 Å². The van der Waals surface area contributed by atoms with E-state index < -0.39 is 5.72 Å². The highest BCUT2D eigenvalue weighted by atomic mass is 16.3. The summed E-state index contributed by atoms with van der Waals surface area (Å²) in [5.74, 6) is 1.17. The summed E-state index contributed by atoms with van der Waals surface area (Å²) in [6, 6.07) is 0. The Bertz CT molecular complexity index is 428. The summed E-state index contributed by atoms with van der Waals surface area (Å²) in [5.41, 5.74) is -0.888. The lowest BCUT2D eigenvalue weighted by molar-refractivity contribution is -0.151. The maximum atomic E-state index is 12.3. The lowest BCUT2D eigenvalue weighted by Gasteiger charge is -2.40. The van der Waals surface area contributed by atoms with Crippen LogP contribution in [0.15, 0.2) is 24.3 Å². The second kappa shape index (κ2) is 2.59. The summed E-state index contributed by atoms with van der Waals surface area (Å²) in [6.45, 7) is 0.585. The first-order chi connectivity index (χ1) is 7.72. The van der Waals surface area contributed by atoms with E-state index in [1.54, 1.807) is 4.90 Å². The Morgan fingerprint density at radius 2 is 2.12 bits per heavy atom. The fourth-order valence-electron chi connectivity index (χ4n) is 4.27. The molecular formula is C13H15NO2. The van der Waals surface area contributed by atoms with Crippen molar-refractivity contribution in [3.63, 3.8) is 0 Å². The predicted molar refractivity (Wildman–Crippen MR) is 58.1 cm³/mol. The Labute approximate surface area is 94.4 Å². The minimum Gasteiger partial charge on any atom is -0.370 e. The highest BCUT2D eigenvalue weighted by molar-refractivity contribution is 5.84. The average molecular weight is 217 g/mol. The number of aliphatic hydroxyl groups is 1. The van der Waals surface area contributed by atoms with Crippen molar-refractivity contribution in [2.24, 2.45) is 23.7 Å². The molecule has 0 aromatic heterocycles. The molecule has 84 valence electrons. The molecule has 0 spiro atoms. The Morgan fingerprint density at radius 3 is 3.00 bits per heavy atom. The topological polar surface area (TPSA) is 40.5 Å². The number of allylic oxidation sites excluding steroid dienone is 2. The predicted octanol–water partition coefficient (Wildman–Crippen LogP) is 0.915. The number of hydrogen-bond acceptors (Lipinski definition) is 2. The second-order valence-electron chi connectivity index (χ2n) is 5.50. The Kier molecular flexibility index (Phi) is 1.46. The van der Waals surface area contributed by atoms with Crippen molar-refractivity contribution in [3.05, 3.63) is 24.3 Å². The third-order valence-electron chi connectivity index (χ3n) is 4.88. The summed E-state index contributed by atoms with van der Waals surface area (Å²) in [7, 11) is 0. The molecule has 0 radical (unpaired) electrons. The van der Waals surface area contributed by atoms with Gasteiger partial charge in [-0.3, -0.25) is 4.79 Å². The molecule has 0 unspecified atom stereocenters. The average Bonchev–Trinajstić information content (AvgIpc) is 2.92. The highest BCUT2D eigenvalue weighted by Gasteiger charge is 2.65. The van der Waals surface area contributed by atoms with Crippen molar-refractivity contribution in [1.82, 2.24) is 4.90 Å². The zero-order valence-corrected chi connectivity index (χ0v) is 9.04. The number of hydrogen-bond donors (Lipinski definition) is 1. The van der Waals surface area contributed by atoms with Crippen LogP contribution in [0.3, 0.4) is 0 Å². The van der Waals surface area contributed by atoms with Crippen molar-refractivity contribution < 1.29 is 9.90 Å². The number of carbonyl (C=O) groups excluding carboxylic acids is 1. The minimum absolute atomic E-state index is 0.0555. The van der Waals surface area contributed by atoms with Crippen LogP contribution in [-0.2, 0) is 4.79 Å². The van der Waals surface area contributed by atoms with E-state index in [9.17, 15) is 9.90 Å². The van der Waals surface area contributed by atoms with Crippen LogP contribution in [0.1, 0.15) is 12.8 Å². The Hall–Kier alpha value is -1.09. The van der Waals surface area contributed by atoms with Gasteiger partial charge in [-0.2, -0.15) is 0 Å². The maximum Gasteiger partial charge on any atom is 0.229 e. The first kappa shape index (κ1) is 8.99. The molecule has 1 saturated heterocycles. The maximum absolute atomic E-state index is 12.3. The van der Waals surface area contributed by atoms with E-state index in [-0.39, 0.29) is 17.7 Å². The van der Waals surface area contributed by atoms with Crippen LogP contribution in [0, 0.1) is 23.7 Å². The number of amides is 1. The lowest BCUT2D eigenvalue weighted by atomic mass is 9.78. The third-order valence-corrected chi connectivity index (χ3v) is 4.88. The molecule has 0 aromatic rings. The van der Waals surface area contributed by atoms with Gasteiger partial charge < -0.3 is 10.0 Å². The molecule has 1 saturated carbocycles. The van der Waals surface area contributed by atoms with E-state index in [0.29, 0.717) is 24.8 Å². The van der Waals surface area contributed by atoms with E-state index in [1.165, 1.54) is 0 Å². The number of carbonyl (C=O) groups is 1. The third kappa shape index (κ3) is 0.798. The molecule has 2 aliphatic carbocycles. The lowest BCUT2D eigenvalue weighted by Crippen LogP contribution is -2.51. The molecule has 5 atom stereocenters. The normalized spacial score (nSPS) is 52.3. The van der Waals surface area contributed by atoms with Gasteiger partial charge in [0.05, 0.1) is 5.92 Å². The first-order valence-electron chi connectivity index (χ1n) is 6.09. The van der Waals surface area contributed by atoms with E-state index >= 15 is 0 Å². The van der Waals surface area contributed by atoms with Crippen molar-refractivity contribution >= 4 is 5.91 Å². The largest absolute Gasteiger partial charge is 0.370 e. The molecular weight excluding hydrogens is 202 g/mol. The molecule has 2 fully saturated rings. The zero-order valence-electron chi connectivity index (χ0n) is 9.04. The monoisotopic (exact) mass is 217 g/mol. The summed E-state index contributed by atoms with van der Waals surface area (Å²) in [6.07, 6.45) is 10.1. The molecule has 3 nitrogen and oxygen atoms in total. The molecule has 16 heavy (non-hydrogen) atoms. The van der Waals surface area contributed by atoms with Gasteiger partial charge in [-0.05, 0) is 18.3 Å². The molecule has 4 rings (SSSR count). The van der Waals surface area contributed by atoms with Gasteiger partial charge in [-0.1, -0.05) is 24.3 Å². The van der Waals surface area contributed by atoms with Crippen LogP contribution in [0.2, 0.25) is 0 Å². The van der Waals surface area contributed by atoms with Gasteiger partial charge in [0.25, 0.3) is 0 Å². The van der Waals surface area contributed by atoms with Crippen LogP contribution < -0.4 is 0 Å². The van der Waals surface area contributed by atoms with E-state index in [2.05, 4.69) is 12.2 Å². The fourth-order valence-corrected chi connectivity index (χ4v) is 4.27. The standard InChI is InChI=1S/C13H15NO2/c15-12-10-8-3-4-9(7-8)11(10)13(16)5-1-2-6-14(12)13/h1-4,8-11,16H,5-7H2/t8-,9+,10-,11+,13+/m1/s1. The van der Waals surface area contributed by atoms with Gasteiger partial charge in [-0.15, -0.1) is 0 Å². The summed E-state index contributed by atoms with van der Waals surface area (Å²) < 4.78 is 0. The zero-order chi connectivity index (χ0) is 10.9. The van der Waals surface area contributed by atoms with Crippen LogP contribution in [0.5, 0.6) is 0 Å². The van der Waals surface area contributed by atoms with Gasteiger partial charge in [0.15, 0.2) is 0 Å². The van der Waals surface area contributed by atoms with E-state index in [0.717, 1.165) is 6.42 Å². The molecule has 4 aliphatic rings. The summed E-state index contributed by atoms with van der Waals surface area (Å²) >= 11 is 0. The molecule has 0 aromatic carbocycles. The second-order valence-corrected chi connectivity index (χ2v) is 5.50. The van der Waals surface area contributed by atoms with Crippen molar-refractivity contribution in [2.75, 3.05) is 6.54 Å². The number of nitrogens with zero attached hydrogens (tertiary/aromatic N) is 1. The number of rotatable bonds is 0. The van der Waals surface area contributed by atoms with Gasteiger partial charge in [0, 0.05) is 18.9 Å². The molecule has 2 aliphatic heterocycles. The first-order valence-corrected chi connectivity index (χ1v) is 6.09.